The van der Waals surface area contributed by atoms with Gasteiger partial charge in [-0.1, -0.05) is 23.5 Å². The van der Waals surface area contributed by atoms with Gasteiger partial charge in [-0.2, -0.15) is 4.57 Å². The van der Waals surface area contributed by atoms with E-state index in [0.717, 1.165) is 0 Å². The summed E-state index contributed by atoms with van der Waals surface area (Å²) >= 11 is 1.89. The molecule has 0 spiro atoms. The van der Waals surface area contributed by atoms with E-state index in [0.29, 0.717) is 0 Å². The van der Waals surface area contributed by atoms with Gasteiger partial charge in [0.05, 0.1) is 5.41 Å². The first-order valence-electron chi connectivity index (χ1n) is 4.88. The molecular weight excluding hydrogens is 190 g/mol. The predicted molar refractivity (Wildman–Crippen MR) is 61.7 cm³/mol. The monoisotopic (exact) mass is 206 g/mol. The molecule has 0 bridgehead atoms. The van der Waals surface area contributed by atoms with Crippen molar-refractivity contribution in [3.8, 4) is 0 Å². The fraction of sp³-hybridized carbons (Fsp3) is 0.417. The van der Waals surface area contributed by atoms with Crippen LogP contribution >= 0.6 is 11.3 Å². The fourth-order valence-corrected chi connectivity index (χ4v) is 2.96. The van der Waals surface area contributed by atoms with E-state index in [1.54, 1.807) is 0 Å². The topological polar surface area (TPSA) is 3.88 Å². The standard InChI is InChI=1S/C12H16NS/c1-12(2,3)11-13(4)9-7-5-6-8-10(9)14-11/h5-8H,1-4H3/q+1. The Hall–Kier alpha value is -0.890. The molecule has 74 valence electrons. The van der Waals surface area contributed by atoms with E-state index in [2.05, 4.69) is 56.7 Å². The Bertz CT molecular complexity index is 463. The highest BCUT2D eigenvalue weighted by Crippen LogP contribution is 2.28. The summed E-state index contributed by atoms with van der Waals surface area (Å²) in [5.41, 5.74) is 1.57. The number of rotatable bonds is 0. The molecule has 14 heavy (non-hydrogen) atoms. The molecular formula is C12H16NS+. The Kier molecular flexibility index (Phi) is 2.11. The summed E-state index contributed by atoms with van der Waals surface area (Å²) in [5, 5.41) is 1.43. The molecule has 2 rings (SSSR count). The van der Waals surface area contributed by atoms with Gasteiger partial charge in [-0.25, -0.2) is 0 Å². The minimum Gasteiger partial charge on any atom is -0.188 e. The molecule has 0 saturated heterocycles. The predicted octanol–water partition coefficient (Wildman–Crippen LogP) is 3.02. The van der Waals surface area contributed by atoms with Crippen molar-refractivity contribution in [1.29, 1.82) is 0 Å². The number of fused-ring (bicyclic) bond motifs is 1. The van der Waals surface area contributed by atoms with Crippen LogP contribution in [0.5, 0.6) is 0 Å². The number of benzene rings is 1. The van der Waals surface area contributed by atoms with Crippen LogP contribution in [0.4, 0.5) is 0 Å². The van der Waals surface area contributed by atoms with Crippen molar-refractivity contribution < 1.29 is 4.57 Å². The minimum atomic E-state index is 0.235. The average Bonchev–Trinajstić information content (AvgIpc) is 2.44. The molecule has 1 heterocycles. The lowest BCUT2D eigenvalue weighted by molar-refractivity contribution is -0.651. The van der Waals surface area contributed by atoms with Gasteiger partial charge < -0.3 is 0 Å². The van der Waals surface area contributed by atoms with E-state index in [1.165, 1.54) is 15.2 Å². The van der Waals surface area contributed by atoms with Gasteiger partial charge in [0, 0.05) is 6.07 Å². The van der Waals surface area contributed by atoms with Crippen LogP contribution in [-0.2, 0) is 12.5 Å². The lowest BCUT2D eigenvalue weighted by Gasteiger charge is -2.10. The molecule has 0 fully saturated rings. The van der Waals surface area contributed by atoms with Crippen LogP contribution in [0.1, 0.15) is 25.8 Å². The van der Waals surface area contributed by atoms with E-state index < -0.39 is 0 Å². The number of hydrogen-bond acceptors (Lipinski definition) is 1. The molecule has 2 aromatic rings. The summed E-state index contributed by atoms with van der Waals surface area (Å²) in [7, 11) is 2.15. The van der Waals surface area contributed by atoms with Gasteiger partial charge in [0.2, 0.25) is 10.5 Å². The molecule has 0 aliphatic carbocycles. The van der Waals surface area contributed by atoms with Crippen molar-refractivity contribution in [3.05, 3.63) is 29.3 Å². The summed E-state index contributed by atoms with van der Waals surface area (Å²) in [6.07, 6.45) is 0. The number of hydrogen-bond donors (Lipinski definition) is 0. The van der Waals surface area contributed by atoms with Gasteiger partial charge >= 0.3 is 0 Å². The zero-order chi connectivity index (χ0) is 10.3. The smallest absolute Gasteiger partial charge is 0.188 e. The molecule has 0 aliphatic heterocycles. The lowest BCUT2D eigenvalue weighted by Crippen LogP contribution is -2.36. The molecule has 0 unspecified atom stereocenters. The Balaban J connectivity index is 2.75. The molecule has 0 N–H and O–H groups in total. The van der Waals surface area contributed by atoms with Gasteiger partial charge in [-0.3, -0.25) is 0 Å². The zero-order valence-corrected chi connectivity index (χ0v) is 9.98. The molecule has 0 amide bonds. The minimum absolute atomic E-state index is 0.235. The second-order valence-corrected chi connectivity index (χ2v) is 5.71. The first-order valence-corrected chi connectivity index (χ1v) is 5.70. The van der Waals surface area contributed by atoms with Gasteiger partial charge in [-0.15, -0.1) is 0 Å². The van der Waals surface area contributed by atoms with Gasteiger partial charge in [0.15, 0.2) is 0 Å². The molecule has 0 aliphatic rings. The third-order valence-corrected chi connectivity index (χ3v) is 4.02. The summed E-state index contributed by atoms with van der Waals surface area (Å²) in [6, 6.07) is 8.57. The fourth-order valence-electron chi connectivity index (χ4n) is 1.76. The van der Waals surface area contributed by atoms with E-state index in [9.17, 15) is 0 Å². The summed E-state index contributed by atoms with van der Waals surface area (Å²) in [5.74, 6) is 0. The summed E-state index contributed by atoms with van der Waals surface area (Å²) in [6.45, 7) is 6.78. The summed E-state index contributed by atoms with van der Waals surface area (Å²) < 4.78 is 3.68. The van der Waals surface area contributed by atoms with Crippen molar-refractivity contribution >= 4 is 21.6 Å². The first-order chi connectivity index (χ1) is 6.50. The van der Waals surface area contributed by atoms with Crippen LogP contribution in [0.3, 0.4) is 0 Å². The highest BCUT2D eigenvalue weighted by molar-refractivity contribution is 7.18. The molecule has 1 aromatic heterocycles. The second kappa shape index (κ2) is 3.06. The van der Waals surface area contributed by atoms with Gasteiger partial charge in [0.1, 0.15) is 11.7 Å². The Labute approximate surface area is 89.0 Å². The number of aromatic nitrogens is 1. The van der Waals surface area contributed by atoms with Crippen molar-refractivity contribution in [2.75, 3.05) is 0 Å². The molecule has 0 radical (unpaired) electrons. The second-order valence-electron chi connectivity index (χ2n) is 4.68. The summed E-state index contributed by atoms with van der Waals surface area (Å²) in [4.78, 5) is 0. The SMILES string of the molecule is C[n+]1c(C(C)(C)C)sc2ccccc21. The van der Waals surface area contributed by atoms with Crippen LogP contribution < -0.4 is 4.57 Å². The first kappa shape index (κ1) is 9.66. The number of para-hydroxylation sites is 1. The van der Waals surface area contributed by atoms with Crippen molar-refractivity contribution in [1.82, 2.24) is 0 Å². The van der Waals surface area contributed by atoms with E-state index in [-0.39, 0.29) is 5.41 Å². The Morgan fingerprint density at radius 3 is 2.36 bits per heavy atom. The molecule has 0 saturated carbocycles. The van der Waals surface area contributed by atoms with Crippen molar-refractivity contribution in [2.45, 2.75) is 26.2 Å². The highest BCUT2D eigenvalue weighted by atomic mass is 32.1. The number of nitrogens with zero attached hydrogens (tertiary/aromatic N) is 1. The Morgan fingerprint density at radius 1 is 1.14 bits per heavy atom. The molecule has 0 atom stereocenters. The maximum Gasteiger partial charge on any atom is 0.243 e. The van der Waals surface area contributed by atoms with Gasteiger partial charge in [-0.05, 0) is 26.8 Å². The molecule has 1 aromatic carbocycles. The van der Waals surface area contributed by atoms with Crippen LogP contribution in [0, 0.1) is 0 Å². The highest BCUT2D eigenvalue weighted by Gasteiger charge is 2.28. The Morgan fingerprint density at radius 2 is 1.79 bits per heavy atom. The van der Waals surface area contributed by atoms with Crippen LogP contribution in [0.2, 0.25) is 0 Å². The largest absolute Gasteiger partial charge is 0.243 e. The van der Waals surface area contributed by atoms with Crippen LogP contribution in [0.15, 0.2) is 24.3 Å². The van der Waals surface area contributed by atoms with Gasteiger partial charge in [0.25, 0.3) is 0 Å². The normalized spacial score (nSPS) is 12.3. The number of thiazole rings is 1. The maximum atomic E-state index is 2.31. The zero-order valence-electron chi connectivity index (χ0n) is 9.16. The maximum absolute atomic E-state index is 2.31. The van der Waals surface area contributed by atoms with Crippen molar-refractivity contribution in [2.24, 2.45) is 7.05 Å². The third kappa shape index (κ3) is 1.44. The third-order valence-electron chi connectivity index (χ3n) is 2.38. The van der Waals surface area contributed by atoms with Crippen molar-refractivity contribution in [3.63, 3.8) is 0 Å². The lowest BCUT2D eigenvalue weighted by atomic mass is 9.98. The van der Waals surface area contributed by atoms with Crippen LogP contribution in [-0.4, -0.2) is 0 Å². The number of aryl methyl sites for hydroxylation is 1. The average molecular weight is 206 g/mol. The van der Waals surface area contributed by atoms with E-state index in [1.807, 2.05) is 11.3 Å². The molecule has 2 heteroatoms. The van der Waals surface area contributed by atoms with E-state index >= 15 is 0 Å². The van der Waals surface area contributed by atoms with E-state index in [4.69, 9.17) is 0 Å². The van der Waals surface area contributed by atoms with Crippen LogP contribution in [0.25, 0.3) is 10.2 Å². The molecule has 1 nitrogen and oxygen atoms in total. The quantitative estimate of drug-likeness (QED) is 0.583.